The van der Waals surface area contributed by atoms with Crippen LogP contribution in [0.15, 0.2) is 40.9 Å². The molecule has 2 aliphatic carbocycles. The molecule has 118 valence electrons. The molecule has 1 heterocycles. The van der Waals surface area contributed by atoms with Gasteiger partial charge in [-0.25, -0.2) is 0 Å². The molecule has 22 heavy (non-hydrogen) atoms. The van der Waals surface area contributed by atoms with Gasteiger partial charge in [0.05, 0.1) is 0 Å². The molecule has 1 aliphatic heterocycles. The highest BCUT2D eigenvalue weighted by molar-refractivity contribution is 9.10. The van der Waals surface area contributed by atoms with E-state index in [1.807, 2.05) is 0 Å². The van der Waals surface area contributed by atoms with Gasteiger partial charge in [-0.1, -0.05) is 40.2 Å². The summed E-state index contributed by atoms with van der Waals surface area (Å²) in [4.78, 5) is 5.30. The zero-order chi connectivity index (χ0) is 14.9. The predicted octanol–water partition coefficient (Wildman–Crippen LogP) is 3.78. The first-order valence-electron chi connectivity index (χ1n) is 8.64. The largest absolute Gasteiger partial charge is 0.300 e. The number of rotatable bonds is 4. The summed E-state index contributed by atoms with van der Waals surface area (Å²) >= 11 is 3.57. The van der Waals surface area contributed by atoms with Crippen molar-refractivity contribution in [1.29, 1.82) is 0 Å². The molecule has 2 fully saturated rings. The average molecular weight is 361 g/mol. The van der Waals surface area contributed by atoms with Gasteiger partial charge in [0.1, 0.15) is 0 Å². The van der Waals surface area contributed by atoms with E-state index in [1.165, 1.54) is 55.6 Å². The van der Waals surface area contributed by atoms with Crippen LogP contribution < -0.4 is 0 Å². The molecule has 2 nitrogen and oxygen atoms in total. The summed E-state index contributed by atoms with van der Waals surface area (Å²) in [6, 6.07) is 8.72. The fourth-order valence-electron chi connectivity index (χ4n) is 4.46. The van der Waals surface area contributed by atoms with Crippen LogP contribution >= 0.6 is 15.9 Å². The minimum Gasteiger partial charge on any atom is -0.300 e. The number of hydrogen-bond donors (Lipinski definition) is 0. The highest BCUT2D eigenvalue weighted by atomic mass is 79.9. The molecular weight excluding hydrogens is 336 g/mol. The molecule has 0 radical (unpaired) electrons. The van der Waals surface area contributed by atoms with Gasteiger partial charge in [0.2, 0.25) is 0 Å². The summed E-state index contributed by atoms with van der Waals surface area (Å²) in [5, 5.41) is 0. The zero-order valence-corrected chi connectivity index (χ0v) is 14.7. The number of piperazine rings is 1. The minimum atomic E-state index is 0.893. The van der Waals surface area contributed by atoms with Crippen molar-refractivity contribution in [3.8, 4) is 0 Å². The molecule has 0 amide bonds. The molecule has 1 saturated carbocycles. The van der Waals surface area contributed by atoms with Crippen LogP contribution in [0.4, 0.5) is 0 Å². The summed E-state index contributed by atoms with van der Waals surface area (Å²) in [5.74, 6) is 2.74. The number of allylic oxidation sites excluding steroid dienone is 2. The third-order valence-electron chi connectivity index (χ3n) is 5.67. The maximum absolute atomic E-state index is 3.57. The van der Waals surface area contributed by atoms with E-state index in [0.29, 0.717) is 0 Å². The Morgan fingerprint density at radius 2 is 1.82 bits per heavy atom. The van der Waals surface area contributed by atoms with E-state index in [9.17, 15) is 0 Å². The highest BCUT2D eigenvalue weighted by Crippen LogP contribution is 2.43. The Balaban J connectivity index is 1.25. The van der Waals surface area contributed by atoms with Gasteiger partial charge in [-0.15, -0.1) is 0 Å². The molecule has 3 atom stereocenters. The Morgan fingerprint density at radius 3 is 2.50 bits per heavy atom. The Labute approximate surface area is 142 Å². The van der Waals surface area contributed by atoms with Crippen LogP contribution in [0, 0.1) is 17.8 Å². The third-order valence-corrected chi connectivity index (χ3v) is 6.16. The van der Waals surface area contributed by atoms with Crippen LogP contribution in [0.3, 0.4) is 0 Å². The summed E-state index contributed by atoms with van der Waals surface area (Å²) in [7, 11) is 0. The quantitative estimate of drug-likeness (QED) is 0.753. The van der Waals surface area contributed by atoms with Crippen molar-refractivity contribution in [3.63, 3.8) is 0 Å². The lowest BCUT2D eigenvalue weighted by Gasteiger charge is -2.37. The maximum Gasteiger partial charge on any atom is 0.0235 e. The van der Waals surface area contributed by atoms with Gasteiger partial charge in [0, 0.05) is 43.7 Å². The molecule has 2 bridgehead atoms. The van der Waals surface area contributed by atoms with Crippen molar-refractivity contribution in [2.45, 2.75) is 19.4 Å². The van der Waals surface area contributed by atoms with Crippen LogP contribution in [0.5, 0.6) is 0 Å². The SMILES string of the molecule is Brc1cccc(CN2CCN(C[C@@H]3C[C@@H]4C=C[C@H]3C4)CC2)c1. The van der Waals surface area contributed by atoms with E-state index in [2.05, 4.69) is 62.1 Å². The summed E-state index contributed by atoms with van der Waals surface area (Å²) < 4.78 is 1.19. The number of fused-ring (bicyclic) bond motifs is 2. The number of nitrogens with zero attached hydrogens (tertiary/aromatic N) is 2. The van der Waals surface area contributed by atoms with Gasteiger partial charge in [-0.05, 0) is 48.3 Å². The molecule has 0 unspecified atom stereocenters. The molecular formula is C19H25BrN2. The fraction of sp³-hybridized carbons (Fsp3) is 0.579. The molecule has 1 aromatic carbocycles. The van der Waals surface area contributed by atoms with Crippen LogP contribution in [0.1, 0.15) is 18.4 Å². The molecule has 0 aromatic heterocycles. The minimum absolute atomic E-state index is 0.893. The maximum atomic E-state index is 3.57. The Bertz CT molecular complexity index is 548. The van der Waals surface area contributed by atoms with Crippen molar-refractivity contribution >= 4 is 15.9 Å². The molecule has 3 aliphatic rings. The summed E-state index contributed by atoms with van der Waals surface area (Å²) in [6.07, 6.45) is 7.83. The molecule has 4 rings (SSSR count). The van der Waals surface area contributed by atoms with Crippen molar-refractivity contribution in [3.05, 3.63) is 46.5 Å². The van der Waals surface area contributed by atoms with Gasteiger partial charge in [0.15, 0.2) is 0 Å². The standard InChI is InChI=1S/C19H25BrN2/c20-19-3-1-2-16(12-19)13-21-6-8-22(9-7-21)14-18-11-15-4-5-17(18)10-15/h1-5,12,15,17-18H,6-11,13-14H2/t15-,17+,18+/m1/s1. The molecule has 0 spiro atoms. The summed E-state index contributed by atoms with van der Waals surface area (Å²) in [5.41, 5.74) is 1.42. The molecule has 1 saturated heterocycles. The second kappa shape index (κ2) is 6.46. The van der Waals surface area contributed by atoms with Crippen molar-refractivity contribution in [2.24, 2.45) is 17.8 Å². The highest BCUT2D eigenvalue weighted by Gasteiger charge is 2.36. The first-order valence-corrected chi connectivity index (χ1v) is 9.43. The first kappa shape index (κ1) is 14.9. The van der Waals surface area contributed by atoms with Crippen LogP contribution in [-0.4, -0.2) is 42.5 Å². The Morgan fingerprint density at radius 1 is 1.00 bits per heavy atom. The zero-order valence-electron chi connectivity index (χ0n) is 13.1. The Hall–Kier alpha value is -0.640. The van der Waals surface area contributed by atoms with Crippen molar-refractivity contribution < 1.29 is 0 Å². The van der Waals surface area contributed by atoms with E-state index in [4.69, 9.17) is 0 Å². The number of hydrogen-bond acceptors (Lipinski definition) is 2. The molecule has 3 heteroatoms. The van der Waals surface area contributed by atoms with Crippen LogP contribution in [-0.2, 0) is 6.54 Å². The number of halogens is 1. The smallest absolute Gasteiger partial charge is 0.0235 e. The lowest BCUT2D eigenvalue weighted by Crippen LogP contribution is -2.47. The molecule has 0 N–H and O–H groups in total. The van der Waals surface area contributed by atoms with E-state index in [-0.39, 0.29) is 0 Å². The van der Waals surface area contributed by atoms with Gasteiger partial charge in [0.25, 0.3) is 0 Å². The second-order valence-corrected chi connectivity index (χ2v) is 8.16. The van der Waals surface area contributed by atoms with Gasteiger partial charge in [-0.3, -0.25) is 4.90 Å². The Kier molecular flexibility index (Phi) is 4.38. The van der Waals surface area contributed by atoms with Crippen LogP contribution in [0.2, 0.25) is 0 Å². The molecule has 1 aromatic rings. The van der Waals surface area contributed by atoms with Crippen molar-refractivity contribution in [1.82, 2.24) is 9.80 Å². The first-order chi connectivity index (χ1) is 10.8. The van der Waals surface area contributed by atoms with Gasteiger partial charge < -0.3 is 4.90 Å². The topological polar surface area (TPSA) is 6.48 Å². The van der Waals surface area contributed by atoms with Crippen molar-refractivity contribution in [2.75, 3.05) is 32.7 Å². The van der Waals surface area contributed by atoms with E-state index < -0.39 is 0 Å². The summed E-state index contributed by atoms with van der Waals surface area (Å²) in [6.45, 7) is 7.32. The lowest BCUT2D eigenvalue weighted by atomic mass is 9.93. The van der Waals surface area contributed by atoms with Gasteiger partial charge in [-0.2, -0.15) is 0 Å². The fourth-order valence-corrected chi connectivity index (χ4v) is 4.91. The van der Waals surface area contributed by atoms with E-state index >= 15 is 0 Å². The third kappa shape index (κ3) is 3.32. The predicted molar refractivity (Wildman–Crippen MR) is 94.7 cm³/mol. The van der Waals surface area contributed by atoms with E-state index in [1.54, 1.807) is 0 Å². The van der Waals surface area contributed by atoms with E-state index in [0.717, 1.165) is 24.3 Å². The second-order valence-electron chi connectivity index (χ2n) is 7.25. The lowest BCUT2D eigenvalue weighted by molar-refractivity contribution is 0.108. The average Bonchev–Trinajstić information content (AvgIpc) is 3.12. The monoisotopic (exact) mass is 360 g/mol. The van der Waals surface area contributed by atoms with Crippen LogP contribution in [0.25, 0.3) is 0 Å². The van der Waals surface area contributed by atoms with Gasteiger partial charge >= 0.3 is 0 Å². The normalized spacial score (nSPS) is 32.0. The number of benzene rings is 1.